The highest BCUT2D eigenvalue weighted by molar-refractivity contribution is 14.0. The summed E-state index contributed by atoms with van der Waals surface area (Å²) < 4.78 is 0. The van der Waals surface area contributed by atoms with E-state index in [0.717, 1.165) is 12.2 Å². The summed E-state index contributed by atoms with van der Waals surface area (Å²) in [5, 5.41) is 3.11. The van der Waals surface area contributed by atoms with Crippen LogP contribution in [0.1, 0.15) is 25.0 Å². The molecule has 0 aliphatic heterocycles. The van der Waals surface area contributed by atoms with Crippen molar-refractivity contribution in [3.05, 3.63) is 65.7 Å². The smallest absolute Gasteiger partial charge is 0.193 e. The average molecular weight is 438 g/mol. The summed E-state index contributed by atoms with van der Waals surface area (Å²) in [5.74, 6) is 0.434. The lowest BCUT2D eigenvalue weighted by Gasteiger charge is -2.22. The summed E-state index contributed by atoms with van der Waals surface area (Å²) in [7, 11) is 2.13. The topological polar surface area (TPSA) is 53.6 Å². The highest BCUT2D eigenvalue weighted by Gasteiger charge is 2.07. The fraction of sp³-hybridized carbons (Fsp3) is 0.316. The van der Waals surface area contributed by atoms with Crippen LogP contribution in [0.2, 0.25) is 0 Å². The van der Waals surface area contributed by atoms with Crippen molar-refractivity contribution in [3.63, 3.8) is 0 Å². The molecule has 0 bridgehead atoms. The molecule has 0 aliphatic carbocycles. The number of nitrogens with one attached hydrogen (secondary N) is 1. The zero-order chi connectivity index (χ0) is 16.7. The van der Waals surface area contributed by atoms with E-state index < -0.39 is 0 Å². The normalized spacial score (nSPS) is 11.5. The first kappa shape index (κ1) is 20.4. The van der Waals surface area contributed by atoms with E-state index in [9.17, 15) is 0 Å². The minimum atomic E-state index is 0. The van der Waals surface area contributed by atoms with Crippen LogP contribution in [0.3, 0.4) is 0 Å². The number of benzene rings is 2. The number of aliphatic imine (C=N–C) groups is 1. The van der Waals surface area contributed by atoms with Gasteiger partial charge in [0.25, 0.3) is 0 Å². The minimum Gasteiger partial charge on any atom is -0.370 e. The molecule has 5 heteroatoms. The zero-order valence-corrected chi connectivity index (χ0v) is 16.9. The Morgan fingerprint density at radius 1 is 1.04 bits per heavy atom. The lowest BCUT2D eigenvalue weighted by Crippen LogP contribution is -2.26. The molecule has 0 spiro atoms. The van der Waals surface area contributed by atoms with Crippen LogP contribution in [0.25, 0.3) is 0 Å². The van der Waals surface area contributed by atoms with Crippen molar-refractivity contribution < 1.29 is 0 Å². The van der Waals surface area contributed by atoms with Gasteiger partial charge in [-0.15, -0.1) is 24.0 Å². The summed E-state index contributed by atoms with van der Waals surface area (Å²) in [4.78, 5) is 6.78. The number of anilines is 1. The van der Waals surface area contributed by atoms with Gasteiger partial charge in [0.2, 0.25) is 0 Å². The first-order valence-electron chi connectivity index (χ1n) is 7.95. The second-order valence-electron chi connectivity index (χ2n) is 5.97. The average Bonchev–Trinajstić information content (AvgIpc) is 2.55. The quantitative estimate of drug-likeness (QED) is 0.406. The van der Waals surface area contributed by atoms with E-state index >= 15 is 0 Å². The molecule has 0 unspecified atom stereocenters. The molecule has 2 rings (SSSR count). The van der Waals surface area contributed by atoms with Gasteiger partial charge in [0, 0.05) is 18.3 Å². The molecule has 0 saturated carbocycles. The summed E-state index contributed by atoms with van der Waals surface area (Å²) in [5.41, 5.74) is 9.43. The number of hydrogen-bond acceptors (Lipinski definition) is 2. The van der Waals surface area contributed by atoms with Crippen molar-refractivity contribution in [2.24, 2.45) is 10.7 Å². The van der Waals surface area contributed by atoms with Crippen LogP contribution in [0.5, 0.6) is 0 Å². The van der Waals surface area contributed by atoms with Crippen LogP contribution in [0.4, 0.5) is 5.69 Å². The van der Waals surface area contributed by atoms with E-state index in [-0.39, 0.29) is 24.0 Å². The molecule has 0 aliphatic rings. The number of hydrogen-bond donors (Lipinski definition) is 2. The van der Waals surface area contributed by atoms with Gasteiger partial charge in [0.05, 0.1) is 6.54 Å². The molecule has 2 aromatic carbocycles. The maximum absolute atomic E-state index is 5.98. The van der Waals surface area contributed by atoms with Gasteiger partial charge in [-0.3, -0.25) is 4.90 Å². The van der Waals surface area contributed by atoms with Gasteiger partial charge in [-0.1, -0.05) is 42.5 Å². The van der Waals surface area contributed by atoms with Crippen molar-refractivity contribution >= 4 is 35.6 Å². The Kier molecular flexibility index (Phi) is 8.78. The van der Waals surface area contributed by atoms with Crippen LogP contribution in [0.15, 0.2) is 59.6 Å². The van der Waals surface area contributed by atoms with Gasteiger partial charge in [0.1, 0.15) is 0 Å². The predicted molar refractivity (Wildman–Crippen MR) is 114 cm³/mol. The van der Waals surface area contributed by atoms with E-state index in [0.29, 0.717) is 18.5 Å². The van der Waals surface area contributed by atoms with Gasteiger partial charge in [-0.05, 0) is 44.2 Å². The highest BCUT2D eigenvalue weighted by Crippen LogP contribution is 2.14. The Morgan fingerprint density at radius 3 is 2.25 bits per heavy atom. The van der Waals surface area contributed by atoms with Gasteiger partial charge in [-0.25, -0.2) is 4.99 Å². The number of nitrogens with two attached hydrogens (primary N) is 1. The number of para-hydroxylation sites is 1. The third-order valence-corrected chi connectivity index (χ3v) is 3.89. The van der Waals surface area contributed by atoms with Crippen LogP contribution in [-0.4, -0.2) is 23.9 Å². The first-order chi connectivity index (χ1) is 11.1. The van der Waals surface area contributed by atoms with Crippen LogP contribution < -0.4 is 11.1 Å². The maximum atomic E-state index is 5.98. The van der Waals surface area contributed by atoms with Gasteiger partial charge < -0.3 is 11.1 Å². The lowest BCUT2D eigenvalue weighted by molar-refractivity contribution is 0.265. The zero-order valence-electron chi connectivity index (χ0n) is 14.6. The molecule has 4 nitrogen and oxygen atoms in total. The second-order valence-corrected chi connectivity index (χ2v) is 5.97. The Morgan fingerprint density at radius 2 is 1.62 bits per heavy atom. The van der Waals surface area contributed by atoms with Crippen molar-refractivity contribution in [1.29, 1.82) is 0 Å². The van der Waals surface area contributed by atoms with E-state index in [1.807, 2.05) is 36.4 Å². The second kappa shape index (κ2) is 10.3. The SMILES string of the molecule is CC(C)N(C)Cc1ccccc1CN=C(N)Nc1ccccc1.I. The largest absolute Gasteiger partial charge is 0.370 e. The molecule has 0 fully saturated rings. The van der Waals surface area contributed by atoms with Crippen molar-refractivity contribution in [2.45, 2.75) is 33.0 Å². The van der Waals surface area contributed by atoms with E-state index in [1.54, 1.807) is 0 Å². The Bertz CT molecular complexity index is 641. The summed E-state index contributed by atoms with van der Waals surface area (Å²) in [6.45, 7) is 5.88. The van der Waals surface area contributed by atoms with Crippen molar-refractivity contribution in [1.82, 2.24) is 4.90 Å². The molecule has 2 aromatic rings. The summed E-state index contributed by atoms with van der Waals surface area (Å²) in [6, 6.07) is 18.7. The van der Waals surface area contributed by atoms with Crippen LogP contribution in [0, 0.1) is 0 Å². The van der Waals surface area contributed by atoms with E-state index in [1.165, 1.54) is 11.1 Å². The molecule has 0 saturated heterocycles. The minimum absolute atomic E-state index is 0. The highest BCUT2D eigenvalue weighted by atomic mass is 127. The maximum Gasteiger partial charge on any atom is 0.193 e. The molecule has 0 heterocycles. The third-order valence-electron chi connectivity index (χ3n) is 3.89. The predicted octanol–water partition coefficient (Wildman–Crippen LogP) is 4.07. The van der Waals surface area contributed by atoms with Gasteiger partial charge >= 0.3 is 0 Å². The molecule has 3 N–H and O–H groups in total. The van der Waals surface area contributed by atoms with Crippen LogP contribution >= 0.6 is 24.0 Å². The first-order valence-corrected chi connectivity index (χ1v) is 7.95. The molecular weight excluding hydrogens is 411 g/mol. The van der Waals surface area contributed by atoms with Crippen molar-refractivity contribution in [2.75, 3.05) is 12.4 Å². The Labute approximate surface area is 162 Å². The van der Waals surface area contributed by atoms with Crippen LogP contribution in [-0.2, 0) is 13.1 Å². The standard InChI is InChI=1S/C19H26N4.HI/c1-15(2)23(3)14-17-10-8-7-9-16(17)13-21-19(20)22-18-11-5-4-6-12-18;/h4-12,15H,13-14H2,1-3H3,(H3,20,21,22);1H. The number of guanidine groups is 1. The third kappa shape index (κ3) is 6.49. The fourth-order valence-electron chi connectivity index (χ4n) is 2.20. The number of rotatable bonds is 6. The Hall–Kier alpha value is -1.60. The monoisotopic (exact) mass is 438 g/mol. The molecule has 0 radical (unpaired) electrons. The van der Waals surface area contributed by atoms with E-state index in [4.69, 9.17) is 5.73 Å². The van der Waals surface area contributed by atoms with Crippen molar-refractivity contribution in [3.8, 4) is 0 Å². The Balaban J connectivity index is 0.00000288. The lowest BCUT2D eigenvalue weighted by atomic mass is 10.1. The molecular formula is C19H27IN4. The molecule has 0 amide bonds. The summed E-state index contributed by atoms with van der Waals surface area (Å²) in [6.07, 6.45) is 0. The van der Waals surface area contributed by atoms with Gasteiger partial charge in [0.15, 0.2) is 5.96 Å². The summed E-state index contributed by atoms with van der Waals surface area (Å²) >= 11 is 0. The molecule has 0 atom stereocenters. The fourth-order valence-corrected chi connectivity index (χ4v) is 2.20. The van der Waals surface area contributed by atoms with Gasteiger partial charge in [-0.2, -0.15) is 0 Å². The molecule has 24 heavy (non-hydrogen) atoms. The molecule has 0 aromatic heterocycles. The number of nitrogens with zero attached hydrogens (tertiary/aromatic N) is 2. The molecule has 130 valence electrons. The van der Waals surface area contributed by atoms with E-state index in [2.05, 4.69) is 54.3 Å². The number of halogens is 1.